The second kappa shape index (κ2) is 6.81. The van der Waals surface area contributed by atoms with Gasteiger partial charge in [-0.25, -0.2) is 0 Å². The van der Waals surface area contributed by atoms with E-state index in [1.165, 1.54) is 17.3 Å². The lowest BCUT2D eigenvalue weighted by Crippen LogP contribution is -2.15. The fourth-order valence-electron chi connectivity index (χ4n) is 1.48. The minimum absolute atomic E-state index is 0.0306. The molecule has 0 atom stereocenters. The van der Waals surface area contributed by atoms with Crippen LogP contribution in [0.3, 0.4) is 0 Å². The molecule has 4 heteroatoms. The molecule has 1 amide bonds. The topological polar surface area (TPSA) is 49.3 Å². The number of rotatable bonds is 5. The van der Waals surface area contributed by atoms with Crippen LogP contribution in [0, 0.1) is 0 Å². The van der Waals surface area contributed by atoms with Gasteiger partial charge in [0.15, 0.2) is 0 Å². The molecule has 0 radical (unpaired) electrons. The van der Waals surface area contributed by atoms with Gasteiger partial charge in [0.25, 0.3) is 0 Å². The predicted octanol–water partition coefficient (Wildman–Crippen LogP) is 2.65. The largest absolute Gasteiger partial charge is 0.396 e. The number of amides is 1. The van der Waals surface area contributed by atoms with Crippen LogP contribution in [-0.2, 0) is 10.2 Å². The third kappa shape index (κ3) is 5.10. The Bertz CT molecular complexity index is 382. The van der Waals surface area contributed by atoms with Gasteiger partial charge in [-0.3, -0.25) is 4.79 Å². The predicted molar refractivity (Wildman–Crippen MR) is 78.2 cm³/mol. The van der Waals surface area contributed by atoms with Crippen LogP contribution in [0.1, 0.15) is 26.3 Å². The molecule has 0 heterocycles. The van der Waals surface area contributed by atoms with Crippen molar-refractivity contribution in [1.29, 1.82) is 0 Å². The molecule has 100 valence electrons. The summed E-state index contributed by atoms with van der Waals surface area (Å²) in [6, 6.07) is 7.93. The Kier molecular flexibility index (Phi) is 5.69. The molecular formula is C14H21NO2S. The summed E-state index contributed by atoms with van der Waals surface area (Å²) in [5, 5.41) is 11.5. The quantitative estimate of drug-likeness (QED) is 0.806. The van der Waals surface area contributed by atoms with Gasteiger partial charge in [-0.2, -0.15) is 0 Å². The Morgan fingerprint density at radius 2 is 1.89 bits per heavy atom. The number of carbonyl (C=O) groups excluding carboxylic acids is 1. The minimum Gasteiger partial charge on any atom is -0.396 e. The normalized spacial score (nSPS) is 11.3. The number of anilines is 1. The summed E-state index contributed by atoms with van der Waals surface area (Å²) < 4.78 is 0. The van der Waals surface area contributed by atoms with Gasteiger partial charge in [0, 0.05) is 11.4 Å². The van der Waals surface area contributed by atoms with Gasteiger partial charge in [-0.05, 0) is 23.1 Å². The van der Waals surface area contributed by atoms with Crippen LogP contribution in [0.2, 0.25) is 0 Å². The highest BCUT2D eigenvalue weighted by atomic mass is 32.2. The molecule has 0 fully saturated rings. The Morgan fingerprint density at radius 3 is 2.39 bits per heavy atom. The van der Waals surface area contributed by atoms with Gasteiger partial charge in [-0.15, -0.1) is 11.8 Å². The molecule has 0 saturated heterocycles. The highest BCUT2D eigenvalue weighted by Crippen LogP contribution is 2.23. The van der Waals surface area contributed by atoms with Crippen molar-refractivity contribution >= 4 is 23.4 Å². The zero-order valence-corrected chi connectivity index (χ0v) is 12.0. The number of aliphatic hydroxyl groups is 1. The van der Waals surface area contributed by atoms with Crippen molar-refractivity contribution in [3.05, 3.63) is 29.8 Å². The van der Waals surface area contributed by atoms with Crippen LogP contribution in [0.25, 0.3) is 0 Å². The van der Waals surface area contributed by atoms with Crippen molar-refractivity contribution in [2.45, 2.75) is 26.2 Å². The second-order valence-corrected chi connectivity index (χ2v) is 6.26. The minimum atomic E-state index is -0.0306. The molecule has 2 N–H and O–H groups in total. The van der Waals surface area contributed by atoms with Gasteiger partial charge in [0.1, 0.15) is 0 Å². The lowest BCUT2D eigenvalue weighted by molar-refractivity contribution is -0.113. The Balaban J connectivity index is 2.51. The van der Waals surface area contributed by atoms with E-state index < -0.39 is 0 Å². The van der Waals surface area contributed by atoms with Gasteiger partial charge < -0.3 is 10.4 Å². The van der Waals surface area contributed by atoms with Gasteiger partial charge >= 0.3 is 0 Å². The van der Waals surface area contributed by atoms with Crippen molar-refractivity contribution in [1.82, 2.24) is 0 Å². The van der Waals surface area contributed by atoms with Gasteiger partial charge in [0.05, 0.1) is 12.4 Å². The Hall–Kier alpha value is -1.00. The molecule has 3 nitrogen and oxygen atoms in total. The fourth-order valence-corrected chi connectivity index (χ4v) is 2.01. The zero-order chi connectivity index (χ0) is 13.6. The lowest BCUT2D eigenvalue weighted by atomic mass is 9.87. The van der Waals surface area contributed by atoms with Crippen LogP contribution in [0.5, 0.6) is 0 Å². The maximum atomic E-state index is 11.6. The number of aliphatic hydroxyl groups excluding tert-OH is 1. The van der Waals surface area contributed by atoms with Crippen molar-refractivity contribution in [2.24, 2.45) is 0 Å². The number of hydrogen-bond donors (Lipinski definition) is 2. The van der Waals surface area contributed by atoms with E-state index in [4.69, 9.17) is 5.11 Å². The second-order valence-electron chi connectivity index (χ2n) is 5.15. The monoisotopic (exact) mass is 267 g/mol. The van der Waals surface area contributed by atoms with Crippen molar-refractivity contribution in [3.63, 3.8) is 0 Å². The maximum absolute atomic E-state index is 11.6. The van der Waals surface area contributed by atoms with Gasteiger partial charge in [0.2, 0.25) is 5.91 Å². The number of carbonyl (C=O) groups is 1. The molecule has 0 unspecified atom stereocenters. The summed E-state index contributed by atoms with van der Waals surface area (Å²) in [6.45, 7) is 6.59. The average molecular weight is 267 g/mol. The third-order valence-electron chi connectivity index (χ3n) is 2.50. The highest BCUT2D eigenvalue weighted by Gasteiger charge is 2.13. The summed E-state index contributed by atoms with van der Waals surface area (Å²) >= 11 is 1.43. The van der Waals surface area contributed by atoms with E-state index >= 15 is 0 Å². The lowest BCUT2D eigenvalue weighted by Gasteiger charge is -2.19. The number of benzene rings is 1. The first-order valence-corrected chi connectivity index (χ1v) is 7.18. The van der Waals surface area contributed by atoms with Crippen LogP contribution in [0.15, 0.2) is 24.3 Å². The number of thioether (sulfide) groups is 1. The van der Waals surface area contributed by atoms with E-state index in [2.05, 4.69) is 26.1 Å². The summed E-state index contributed by atoms with van der Waals surface area (Å²) in [5.74, 6) is 0.940. The van der Waals surface area contributed by atoms with Crippen LogP contribution < -0.4 is 5.32 Å². The van der Waals surface area contributed by atoms with Crippen LogP contribution in [-0.4, -0.2) is 29.1 Å². The van der Waals surface area contributed by atoms with E-state index in [-0.39, 0.29) is 17.9 Å². The number of nitrogens with one attached hydrogen (secondary N) is 1. The van der Waals surface area contributed by atoms with E-state index in [9.17, 15) is 4.79 Å². The molecule has 1 aromatic rings. The molecule has 0 aliphatic carbocycles. The van der Waals surface area contributed by atoms with Crippen molar-refractivity contribution < 1.29 is 9.90 Å². The molecule has 0 aliphatic heterocycles. The molecule has 1 aromatic carbocycles. The van der Waals surface area contributed by atoms with Crippen LogP contribution in [0.4, 0.5) is 5.69 Å². The average Bonchev–Trinajstić information content (AvgIpc) is 2.29. The molecule has 0 aromatic heterocycles. The summed E-state index contributed by atoms with van der Waals surface area (Å²) in [6.07, 6.45) is 0. The van der Waals surface area contributed by atoms with Gasteiger partial charge in [-0.1, -0.05) is 32.9 Å². The molecule has 0 spiro atoms. The molecule has 18 heavy (non-hydrogen) atoms. The van der Waals surface area contributed by atoms with Crippen molar-refractivity contribution in [3.8, 4) is 0 Å². The van der Waals surface area contributed by atoms with E-state index in [0.29, 0.717) is 11.5 Å². The van der Waals surface area contributed by atoms with Crippen molar-refractivity contribution in [2.75, 3.05) is 23.4 Å². The summed E-state index contributed by atoms with van der Waals surface area (Å²) in [5.41, 5.74) is 2.19. The fraction of sp³-hybridized carbons (Fsp3) is 0.500. The summed E-state index contributed by atoms with van der Waals surface area (Å²) in [7, 11) is 0. The Labute approximate surface area is 113 Å². The van der Waals surface area contributed by atoms with E-state index in [1.54, 1.807) is 0 Å². The first-order valence-electron chi connectivity index (χ1n) is 6.02. The van der Waals surface area contributed by atoms with E-state index in [0.717, 1.165) is 5.69 Å². The maximum Gasteiger partial charge on any atom is 0.234 e. The van der Waals surface area contributed by atoms with Crippen LogP contribution >= 0.6 is 11.8 Å². The molecule has 1 rings (SSSR count). The SMILES string of the molecule is CC(C)(C)c1ccc(NC(=O)CSCCO)cc1. The number of hydrogen-bond acceptors (Lipinski definition) is 3. The third-order valence-corrected chi connectivity index (χ3v) is 3.44. The van der Waals surface area contributed by atoms with E-state index in [1.807, 2.05) is 24.3 Å². The molecule has 0 aliphatic rings. The standard InChI is InChI=1S/C14H21NO2S/c1-14(2,3)11-4-6-12(7-5-11)15-13(17)10-18-9-8-16/h4-7,16H,8-10H2,1-3H3,(H,15,17). The first-order chi connectivity index (χ1) is 8.43. The summed E-state index contributed by atoms with van der Waals surface area (Å²) in [4.78, 5) is 11.6. The highest BCUT2D eigenvalue weighted by molar-refractivity contribution is 7.99. The first kappa shape index (κ1) is 15.1. The zero-order valence-electron chi connectivity index (χ0n) is 11.2. The molecule has 0 bridgehead atoms. The molecular weight excluding hydrogens is 246 g/mol. The smallest absolute Gasteiger partial charge is 0.234 e. The Morgan fingerprint density at radius 1 is 1.28 bits per heavy atom. The molecule has 0 saturated carbocycles.